The summed E-state index contributed by atoms with van der Waals surface area (Å²) in [5, 5.41) is 4.14. The van der Waals surface area contributed by atoms with Gasteiger partial charge in [-0.1, -0.05) is 19.6 Å². The maximum Gasteiger partial charge on any atom is 0.0506 e. The molecule has 0 aliphatic heterocycles. The minimum Gasteiger partial charge on any atom is -0.273 e. The Bertz CT molecular complexity index is 234. The van der Waals surface area contributed by atoms with Gasteiger partial charge < -0.3 is 0 Å². The summed E-state index contributed by atoms with van der Waals surface area (Å²) in [6.07, 6.45) is 1.87. The van der Waals surface area contributed by atoms with Gasteiger partial charge in [-0.05, 0) is 12.1 Å². The van der Waals surface area contributed by atoms with E-state index in [4.69, 9.17) is 0 Å². The second-order valence-electron chi connectivity index (χ2n) is 4.18. The van der Waals surface area contributed by atoms with Crippen molar-refractivity contribution in [2.75, 3.05) is 0 Å². The van der Waals surface area contributed by atoms with Gasteiger partial charge in [-0.3, -0.25) is 4.68 Å². The van der Waals surface area contributed by atoms with Gasteiger partial charge in [0.2, 0.25) is 0 Å². The van der Waals surface area contributed by atoms with Crippen molar-refractivity contribution in [3.63, 3.8) is 0 Å². The van der Waals surface area contributed by atoms with Crippen LogP contribution in [0.25, 0.3) is 0 Å². The van der Waals surface area contributed by atoms with E-state index in [1.54, 1.807) is 0 Å². The van der Waals surface area contributed by atoms with Crippen LogP contribution in [0.4, 0.5) is 0 Å². The number of aryl methyl sites for hydroxylation is 1. The highest BCUT2D eigenvalue weighted by molar-refractivity contribution is 6.75. The largest absolute Gasteiger partial charge is 0.273 e. The lowest BCUT2D eigenvalue weighted by molar-refractivity contribution is 0.732. The molecule has 0 saturated heterocycles. The monoisotopic (exact) mass is 168 g/mol. The second kappa shape index (κ2) is 2.81. The van der Waals surface area contributed by atoms with Gasteiger partial charge in [-0.25, -0.2) is 0 Å². The van der Waals surface area contributed by atoms with Gasteiger partial charge in [0.1, 0.15) is 0 Å². The first-order chi connectivity index (χ1) is 4.99. The third kappa shape index (κ3) is 2.50. The van der Waals surface area contributed by atoms with Crippen molar-refractivity contribution in [1.82, 2.24) is 9.78 Å². The smallest absolute Gasteiger partial charge is 0.0506 e. The molecule has 0 radical (unpaired) electrons. The van der Waals surface area contributed by atoms with Crippen LogP contribution in [0.1, 0.15) is 5.69 Å². The summed E-state index contributed by atoms with van der Waals surface area (Å²) in [4.78, 5) is 0. The van der Waals surface area contributed by atoms with Gasteiger partial charge in [0.25, 0.3) is 0 Å². The molecule has 0 aromatic carbocycles. The lowest BCUT2D eigenvalue weighted by atomic mass is 10.5. The van der Waals surface area contributed by atoms with Crippen molar-refractivity contribution in [2.24, 2.45) is 7.05 Å². The molecular formula is C8H16N2Si. The highest BCUT2D eigenvalue weighted by Crippen LogP contribution is 2.09. The van der Waals surface area contributed by atoms with Crippen molar-refractivity contribution < 1.29 is 0 Å². The van der Waals surface area contributed by atoms with Crippen molar-refractivity contribution >= 4 is 8.07 Å². The first-order valence-corrected chi connectivity index (χ1v) is 7.67. The molecule has 0 aliphatic carbocycles. The highest BCUT2D eigenvalue weighted by Gasteiger charge is 2.15. The van der Waals surface area contributed by atoms with Crippen molar-refractivity contribution in [3.05, 3.63) is 18.0 Å². The molecule has 1 aromatic heterocycles. The molecule has 0 N–H and O–H groups in total. The molecule has 11 heavy (non-hydrogen) atoms. The molecule has 1 rings (SSSR count). The summed E-state index contributed by atoms with van der Waals surface area (Å²) >= 11 is 0. The first-order valence-electron chi connectivity index (χ1n) is 3.96. The topological polar surface area (TPSA) is 17.8 Å². The summed E-state index contributed by atoms with van der Waals surface area (Å²) < 4.78 is 1.97. The van der Waals surface area contributed by atoms with Gasteiger partial charge in [0.15, 0.2) is 0 Å². The fraction of sp³-hybridized carbons (Fsp3) is 0.625. The second-order valence-corrected chi connectivity index (χ2v) is 9.66. The van der Waals surface area contributed by atoms with E-state index >= 15 is 0 Å². The van der Waals surface area contributed by atoms with Crippen LogP contribution in [-0.4, -0.2) is 17.9 Å². The first kappa shape index (κ1) is 8.52. The number of aromatic nitrogens is 2. The molecule has 0 bridgehead atoms. The van der Waals surface area contributed by atoms with E-state index in [2.05, 4.69) is 30.8 Å². The fourth-order valence-corrected chi connectivity index (χ4v) is 2.55. The Hall–Kier alpha value is -0.573. The van der Waals surface area contributed by atoms with Crippen LogP contribution < -0.4 is 0 Å². The summed E-state index contributed by atoms with van der Waals surface area (Å²) in [5.41, 5.74) is 1.36. The van der Waals surface area contributed by atoms with Gasteiger partial charge in [0, 0.05) is 18.9 Å². The molecule has 0 fully saturated rings. The molecule has 0 spiro atoms. The predicted octanol–water partition coefficient (Wildman–Crippen LogP) is 1.84. The molecular weight excluding hydrogens is 152 g/mol. The Morgan fingerprint density at radius 2 is 2.09 bits per heavy atom. The number of nitrogens with zero attached hydrogens (tertiary/aromatic N) is 2. The molecule has 62 valence electrons. The van der Waals surface area contributed by atoms with Crippen LogP contribution >= 0.6 is 0 Å². The van der Waals surface area contributed by atoms with Crippen LogP contribution in [0, 0.1) is 0 Å². The minimum absolute atomic E-state index is 0.954. The average Bonchev–Trinajstić information content (AvgIpc) is 2.12. The van der Waals surface area contributed by atoms with E-state index in [1.807, 2.05) is 17.9 Å². The standard InChI is InChI=1S/C8H16N2Si/c1-10-8(5-6-9-10)7-11(2,3)4/h5-6H,7H2,1-4H3. The van der Waals surface area contributed by atoms with Crippen molar-refractivity contribution in [3.8, 4) is 0 Å². The highest BCUT2D eigenvalue weighted by atomic mass is 28.3. The zero-order valence-corrected chi connectivity index (χ0v) is 8.76. The zero-order chi connectivity index (χ0) is 8.48. The molecule has 0 saturated carbocycles. The predicted molar refractivity (Wildman–Crippen MR) is 50.3 cm³/mol. The van der Waals surface area contributed by atoms with Gasteiger partial charge >= 0.3 is 0 Å². The Labute approximate surface area is 69.2 Å². The number of hydrogen-bond donors (Lipinski definition) is 0. The molecule has 1 heterocycles. The average molecular weight is 168 g/mol. The maximum absolute atomic E-state index is 4.14. The maximum atomic E-state index is 4.14. The third-order valence-corrected chi connectivity index (χ3v) is 3.06. The Kier molecular flexibility index (Phi) is 2.18. The fourth-order valence-electron chi connectivity index (χ4n) is 1.12. The van der Waals surface area contributed by atoms with E-state index in [1.165, 1.54) is 11.7 Å². The van der Waals surface area contributed by atoms with E-state index in [9.17, 15) is 0 Å². The molecule has 1 aromatic rings. The quantitative estimate of drug-likeness (QED) is 0.616. The van der Waals surface area contributed by atoms with Crippen LogP contribution in [0.3, 0.4) is 0 Å². The van der Waals surface area contributed by atoms with Gasteiger partial charge in [-0.2, -0.15) is 5.10 Å². The van der Waals surface area contributed by atoms with Crippen LogP contribution in [0.5, 0.6) is 0 Å². The molecule has 0 amide bonds. The summed E-state index contributed by atoms with van der Waals surface area (Å²) in [7, 11) is 1.06. The Morgan fingerprint density at radius 1 is 1.45 bits per heavy atom. The van der Waals surface area contributed by atoms with Crippen molar-refractivity contribution in [1.29, 1.82) is 0 Å². The Morgan fingerprint density at radius 3 is 2.45 bits per heavy atom. The third-order valence-electron chi connectivity index (χ3n) is 1.63. The molecule has 3 heteroatoms. The van der Waals surface area contributed by atoms with E-state index in [0.29, 0.717) is 0 Å². The van der Waals surface area contributed by atoms with Crippen LogP contribution in [0.2, 0.25) is 19.6 Å². The summed E-state index contributed by atoms with van der Waals surface area (Å²) in [5.74, 6) is 0. The SMILES string of the molecule is Cn1nccc1C[Si](C)(C)C. The van der Waals surface area contributed by atoms with Gasteiger partial charge in [0.05, 0.1) is 8.07 Å². The summed E-state index contributed by atoms with van der Waals surface area (Å²) in [6, 6.07) is 3.34. The molecule has 0 unspecified atom stereocenters. The minimum atomic E-state index is -0.954. The summed E-state index contributed by atoms with van der Waals surface area (Å²) in [6.45, 7) is 7.12. The number of hydrogen-bond acceptors (Lipinski definition) is 1. The Balaban J connectivity index is 2.72. The lowest BCUT2D eigenvalue weighted by Gasteiger charge is -2.15. The lowest BCUT2D eigenvalue weighted by Crippen LogP contribution is -2.25. The molecule has 0 atom stereocenters. The number of rotatable bonds is 2. The normalized spacial score (nSPS) is 12.0. The zero-order valence-electron chi connectivity index (χ0n) is 7.76. The molecule has 2 nitrogen and oxygen atoms in total. The van der Waals surface area contributed by atoms with E-state index in [-0.39, 0.29) is 0 Å². The van der Waals surface area contributed by atoms with Crippen LogP contribution in [-0.2, 0) is 13.1 Å². The van der Waals surface area contributed by atoms with E-state index < -0.39 is 8.07 Å². The molecule has 0 aliphatic rings. The van der Waals surface area contributed by atoms with Crippen molar-refractivity contribution in [2.45, 2.75) is 25.7 Å². The van der Waals surface area contributed by atoms with Crippen LogP contribution in [0.15, 0.2) is 12.3 Å². The van der Waals surface area contributed by atoms with Gasteiger partial charge in [-0.15, -0.1) is 0 Å². The van der Waals surface area contributed by atoms with E-state index in [0.717, 1.165) is 0 Å².